The lowest BCUT2D eigenvalue weighted by molar-refractivity contribution is 0.0557. The largest absolute Gasteiger partial charge is 0.394 e. The maximum atomic E-state index is 8.86. The average Bonchev–Trinajstić information content (AvgIpc) is 2.62. The van der Waals surface area contributed by atoms with Crippen LogP contribution in [0.3, 0.4) is 0 Å². The Morgan fingerprint density at radius 2 is 2.55 bits per heavy atom. The van der Waals surface area contributed by atoms with Gasteiger partial charge in [-0.3, -0.25) is 0 Å². The van der Waals surface area contributed by atoms with E-state index < -0.39 is 0 Å². The van der Waals surface area contributed by atoms with Gasteiger partial charge in [0.1, 0.15) is 0 Å². The van der Waals surface area contributed by atoms with Gasteiger partial charge in [-0.15, -0.1) is 0 Å². The molecule has 0 aromatic carbocycles. The van der Waals surface area contributed by atoms with Crippen LogP contribution < -0.4 is 5.32 Å². The van der Waals surface area contributed by atoms with Crippen LogP contribution in [0.1, 0.15) is 19.3 Å². The van der Waals surface area contributed by atoms with Crippen molar-refractivity contribution in [2.45, 2.75) is 30.9 Å². The van der Waals surface area contributed by atoms with Crippen LogP contribution in [0.2, 0.25) is 0 Å². The summed E-state index contributed by atoms with van der Waals surface area (Å²) in [5.74, 6) is 0. The first kappa shape index (κ1) is 7.53. The fourth-order valence-corrected chi connectivity index (χ4v) is 2.11. The third-order valence-corrected chi connectivity index (χ3v) is 2.75. The lowest BCUT2D eigenvalue weighted by Crippen LogP contribution is -2.40. The monoisotopic (exact) mass is 157 g/mol. The molecule has 0 amide bonds. The van der Waals surface area contributed by atoms with Crippen LogP contribution in [0.5, 0.6) is 0 Å². The van der Waals surface area contributed by atoms with Gasteiger partial charge in [0, 0.05) is 5.54 Å². The number of hydrogen-bond donors (Lipinski definition) is 2. The first-order valence-electron chi connectivity index (χ1n) is 4.32. The van der Waals surface area contributed by atoms with Crippen molar-refractivity contribution in [3.05, 3.63) is 0 Å². The highest BCUT2D eigenvalue weighted by Crippen LogP contribution is 2.31. The van der Waals surface area contributed by atoms with Crippen LogP contribution in [0.4, 0.5) is 0 Å². The highest BCUT2D eigenvalue weighted by molar-refractivity contribution is 4.98. The van der Waals surface area contributed by atoms with Gasteiger partial charge in [0.05, 0.1) is 19.3 Å². The standard InChI is InChI=1S/C8H15NO2/c10-5-7-4-8(6-11-7)2-1-3-9-8/h7,9-10H,1-6H2/t7-,8-/m1/s1. The van der Waals surface area contributed by atoms with Gasteiger partial charge in [0.15, 0.2) is 0 Å². The lowest BCUT2D eigenvalue weighted by Gasteiger charge is -2.20. The molecule has 2 atom stereocenters. The van der Waals surface area contributed by atoms with E-state index in [1.807, 2.05) is 0 Å². The van der Waals surface area contributed by atoms with Gasteiger partial charge in [-0.25, -0.2) is 0 Å². The highest BCUT2D eigenvalue weighted by Gasteiger charge is 2.41. The van der Waals surface area contributed by atoms with Gasteiger partial charge in [-0.05, 0) is 25.8 Å². The molecule has 2 aliphatic heterocycles. The van der Waals surface area contributed by atoms with Crippen molar-refractivity contribution in [3.8, 4) is 0 Å². The normalized spacial score (nSPS) is 43.9. The summed E-state index contributed by atoms with van der Waals surface area (Å²) in [5, 5.41) is 12.3. The van der Waals surface area contributed by atoms with Gasteiger partial charge in [-0.2, -0.15) is 0 Å². The molecule has 2 heterocycles. The summed E-state index contributed by atoms with van der Waals surface area (Å²) in [7, 11) is 0. The molecule has 11 heavy (non-hydrogen) atoms. The molecule has 2 rings (SSSR count). The molecule has 3 heteroatoms. The van der Waals surface area contributed by atoms with Crippen LogP contribution in [-0.4, -0.2) is 36.5 Å². The van der Waals surface area contributed by atoms with E-state index in [1.54, 1.807) is 0 Å². The van der Waals surface area contributed by atoms with Gasteiger partial charge in [0.25, 0.3) is 0 Å². The first-order chi connectivity index (χ1) is 5.35. The predicted octanol–water partition coefficient (Wildman–Crippen LogP) is -0.110. The zero-order chi connectivity index (χ0) is 7.73. The van der Waals surface area contributed by atoms with E-state index in [1.165, 1.54) is 12.8 Å². The van der Waals surface area contributed by atoms with E-state index in [-0.39, 0.29) is 18.2 Å². The van der Waals surface area contributed by atoms with E-state index in [0.717, 1.165) is 19.6 Å². The molecule has 3 nitrogen and oxygen atoms in total. The molecule has 2 saturated heterocycles. The van der Waals surface area contributed by atoms with E-state index >= 15 is 0 Å². The summed E-state index contributed by atoms with van der Waals surface area (Å²) in [4.78, 5) is 0. The number of hydrogen-bond acceptors (Lipinski definition) is 3. The molecule has 64 valence electrons. The highest BCUT2D eigenvalue weighted by atomic mass is 16.5. The molecule has 0 bridgehead atoms. The van der Waals surface area contributed by atoms with Crippen LogP contribution in [0.15, 0.2) is 0 Å². The van der Waals surface area contributed by atoms with E-state index in [0.29, 0.717) is 0 Å². The second-order valence-electron chi connectivity index (χ2n) is 3.63. The van der Waals surface area contributed by atoms with Gasteiger partial charge >= 0.3 is 0 Å². The van der Waals surface area contributed by atoms with Crippen LogP contribution in [0, 0.1) is 0 Å². The predicted molar refractivity (Wildman–Crippen MR) is 41.4 cm³/mol. The van der Waals surface area contributed by atoms with Crippen LogP contribution in [-0.2, 0) is 4.74 Å². The summed E-state index contributed by atoms with van der Waals surface area (Å²) in [6.45, 7) is 2.07. The van der Waals surface area contributed by atoms with Crippen molar-refractivity contribution in [2.75, 3.05) is 19.8 Å². The van der Waals surface area contributed by atoms with Crippen molar-refractivity contribution in [1.29, 1.82) is 0 Å². The molecule has 0 aromatic rings. The number of ether oxygens (including phenoxy) is 1. The summed E-state index contributed by atoms with van der Waals surface area (Å²) in [6, 6.07) is 0. The third kappa shape index (κ3) is 1.28. The molecule has 0 radical (unpaired) electrons. The Hall–Kier alpha value is -0.120. The Bertz CT molecular complexity index is 143. The zero-order valence-corrected chi connectivity index (χ0v) is 6.68. The Labute approximate surface area is 66.7 Å². The van der Waals surface area contributed by atoms with Gasteiger partial charge in [-0.1, -0.05) is 0 Å². The summed E-state index contributed by atoms with van der Waals surface area (Å²) in [5.41, 5.74) is 0.230. The Morgan fingerprint density at radius 1 is 1.64 bits per heavy atom. The number of aliphatic hydroxyl groups excluding tert-OH is 1. The van der Waals surface area contributed by atoms with Gasteiger partial charge in [0.2, 0.25) is 0 Å². The minimum Gasteiger partial charge on any atom is -0.394 e. The molecule has 2 N–H and O–H groups in total. The minimum atomic E-state index is 0.0839. The smallest absolute Gasteiger partial charge is 0.0825 e. The number of nitrogens with one attached hydrogen (secondary N) is 1. The molecule has 0 aliphatic carbocycles. The summed E-state index contributed by atoms with van der Waals surface area (Å²) in [6.07, 6.45) is 3.54. The second kappa shape index (κ2) is 2.73. The van der Waals surface area contributed by atoms with Crippen molar-refractivity contribution in [1.82, 2.24) is 5.32 Å². The molecular formula is C8H15NO2. The fraction of sp³-hybridized carbons (Fsp3) is 1.00. The molecule has 2 aliphatic rings. The quantitative estimate of drug-likeness (QED) is 0.558. The number of aliphatic hydroxyl groups is 1. The summed E-state index contributed by atoms with van der Waals surface area (Å²) < 4.78 is 5.43. The van der Waals surface area contributed by atoms with Gasteiger partial charge < -0.3 is 15.2 Å². The average molecular weight is 157 g/mol. The third-order valence-electron chi connectivity index (χ3n) is 2.75. The Balaban J connectivity index is 1.96. The maximum Gasteiger partial charge on any atom is 0.0825 e. The topological polar surface area (TPSA) is 41.5 Å². The van der Waals surface area contributed by atoms with Crippen molar-refractivity contribution < 1.29 is 9.84 Å². The van der Waals surface area contributed by atoms with Crippen LogP contribution in [0.25, 0.3) is 0 Å². The summed E-state index contributed by atoms with van der Waals surface area (Å²) >= 11 is 0. The Kier molecular flexibility index (Phi) is 1.87. The van der Waals surface area contributed by atoms with Crippen molar-refractivity contribution >= 4 is 0 Å². The van der Waals surface area contributed by atoms with E-state index in [9.17, 15) is 0 Å². The van der Waals surface area contributed by atoms with E-state index in [4.69, 9.17) is 9.84 Å². The SMILES string of the molecule is OC[C@H]1C[C@]2(CCCN2)CO1. The molecule has 2 fully saturated rings. The van der Waals surface area contributed by atoms with Crippen molar-refractivity contribution in [2.24, 2.45) is 0 Å². The number of rotatable bonds is 1. The van der Waals surface area contributed by atoms with Crippen LogP contribution >= 0.6 is 0 Å². The Morgan fingerprint density at radius 3 is 3.09 bits per heavy atom. The zero-order valence-electron chi connectivity index (χ0n) is 6.68. The molecular weight excluding hydrogens is 142 g/mol. The molecule has 0 aromatic heterocycles. The first-order valence-corrected chi connectivity index (χ1v) is 4.32. The molecule has 0 saturated carbocycles. The maximum absolute atomic E-state index is 8.86. The molecule has 1 spiro atoms. The van der Waals surface area contributed by atoms with Crippen molar-refractivity contribution in [3.63, 3.8) is 0 Å². The molecule has 0 unspecified atom stereocenters. The minimum absolute atomic E-state index is 0.0839. The van der Waals surface area contributed by atoms with E-state index in [2.05, 4.69) is 5.32 Å². The fourth-order valence-electron chi connectivity index (χ4n) is 2.11. The lowest BCUT2D eigenvalue weighted by atomic mass is 9.94. The second-order valence-corrected chi connectivity index (χ2v) is 3.63.